The molecule has 0 bridgehead atoms. The molecule has 0 fully saturated rings. The molecule has 2 heterocycles. The maximum Gasteiger partial charge on any atom is 0.341 e. The zero-order valence-electron chi connectivity index (χ0n) is 14.8. The van der Waals surface area contributed by atoms with Crippen LogP contribution >= 0.6 is 0 Å². The Morgan fingerprint density at radius 3 is 2.58 bits per heavy atom. The molecule has 6 nitrogen and oxygen atoms in total. The Morgan fingerprint density at radius 2 is 1.88 bits per heavy atom. The maximum atomic E-state index is 12.8. The number of amides is 1. The molecular weight excluding hydrogens is 334 g/mol. The third kappa shape index (κ3) is 3.39. The van der Waals surface area contributed by atoms with Gasteiger partial charge in [-0.25, -0.2) is 4.79 Å². The van der Waals surface area contributed by atoms with Gasteiger partial charge < -0.3 is 18.5 Å². The zero-order chi connectivity index (χ0) is 18.7. The molecule has 1 aromatic carbocycles. The Morgan fingerprint density at radius 1 is 1.15 bits per heavy atom. The van der Waals surface area contributed by atoms with Gasteiger partial charge in [0.05, 0.1) is 19.9 Å². The Labute approximate surface area is 151 Å². The normalized spacial score (nSPS) is 10.6. The molecule has 0 N–H and O–H groups in total. The number of carbonyl (C=O) groups is 2. The van der Waals surface area contributed by atoms with Crippen LogP contribution in [-0.2, 0) is 11.3 Å². The highest BCUT2D eigenvalue weighted by Crippen LogP contribution is 2.26. The molecule has 0 saturated heterocycles. The van der Waals surface area contributed by atoms with Crippen molar-refractivity contribution in [1.82, 2.24) is 4.90 Å². The number of benzene rings is 1. The van der Waals surface area contributed by atoms with Gasteiger partial charge in [0.1, 0.15) is 17.1 Å². The van der Waals surface area contributed by atoms with Crippen LogP contribution < -0.4 is 0 Å². The molecule has 6 heteroatoms. The second-order valence-electron chi connectivity index (χ2n) is 5.86. The molecule has 134 valence electrons. The number of esters is 1. The van der Waals surface area contributed by atoms with Crippen molar-refractivity contribution in [2.24, 2.45) is 0 Å². The molecule has 0 saturated carbocycles. The fourth-order valence-electron chi connectivity index (χ4n) is 2.73. The average molecular weight is 353 g/mol. The summed E-state index contributed by atoms with van der Waals surface area (Å²) >= 11 is 0. The van der Waals surface area contributed by atoms with Crippen molar-refractivity contribution < 1.29 is 23.2 Å². The van der Waals surface area contributed by atoms with Crippen LogP contribution in [0.15, 0.2) is 57.6 Å². The third-order valence-corrected chi connectivity index (χ3v) is 4.06. The number of nitrogens with zero attached hydrogens (tertiary/aromatic N) is 1. The van der Waals surface area contributed by atoms with Gasteiger partial charge in [0.25, 0.3) is 5.91 Å². The maximum absolute atomic E-state index is 12.8. The van der Waals surface area contributed by atoms with E-state index in [1.807, 2.05) is 30.3 Å². The molecule has 3 rings (SSSR count). The first-order valence-electron chi connectivity index (χ1n) is 8.07. The van der Waals surface area contributed by atoms with Gasteiger partial charge in [0.15, 0.2) is 5.76 Å². The number of furan rings is 2. The number of carbonyl (C=O) groups excluding carboxylic acids is 2. The largest absolute Gasteiger partial charge is 0.465 e. The quantitative estimate of drug-likeness (QED) is 0.650. The van der Waals surface area contributed by atoms with Gasteiger partial charge >= 0.3 is 5.97 Å². The van der Waals surface area contributed by atoms with Crippen molar-refractivity contribution in [2.45, 2.75) is 13.5 Å². The lowest BCUT2D eigenvalue weighted by Crippen LogP contribution is -2.26. The van der Waals surface area contributed by atoms with Crippen molar-refractivity contribution in [2.75, 3.05) is 14.2 Å². The number of ether oxygens (including phenoxy) is 1. The van der Waals surface area contributed by atoms with Crippen LogP contribution in [0, 0.1) is 6.92 Å². The highest BCUT2D eigenvalue weighted by Gasteiger charge is 2.23. The Balaban J connectivity index is 1.80. The summed E-state index contributed by atoms with van der Waals surface area (Å²) in [6.07, 6.45) is 1.50. The Bertz CT molecular complexity index is 923. The molecule has 0 aliphatic rings. The molecule has 3 aromatic rings. The van der Waals surface area contributed by atoms with Crippen molar-refractivity contribution in [3.05, 3.63) is 71.6 Å². The van der Waals surface area contributed by atoms with Crippen LogP contribution in [0.3, 0.4) is 0 Å². The van der Waals surface area contributed by atoms with E-state index in [2.05, 4.69) is 0 Å². The van der Waals surface area contributed by atoms with Crippen molar-refractivity contribution in [1.29, 1.82) is 0 Å². The minimum Gasteiger partial charge on any atom is -0.465 e. The summed E-state index contributed by atoms with van der Waals surface area (Å²) in [5.74, 6) is 0.462. The van der Waals surface area contributed by atoms with Crippen LogP contribution in [0.5, 0.6) is 0 Å². The van der Waals surface area contributed by atoms with Crippen LogP contribution in [0.4, 0.5) is 0 Å². The first-order chi connectivity index (χ1) is 12.5. The lowest BCUT2D eigenvalue weighted by Gasteiger charge is -2.15. The van der Waals surface area contributed by atoms with Crippen LogP contribution in [-0.4, -0.2) is 30.9 Å². The fourth-order valence-corrected chi connectivity index (χ4v) is 2.73. The van der Waals surface area contributed by atoms with E-state index in [-0.39, 0.29) is 18.2 Å². The van der Waals surface area contributed by atoms with E-state index in [1.54, 1.807) is 26.1 Å². The van der Waals surface area contributed by atoms with Gasteiger partial charge in [-0.3, -0.25) is 4.79 Å². The highest BCUT2D eigenvalue weighted by atomic mass is 16.5. The molecule has 0 unspecified atom stereocenters. The van der Waals surface area contributed by atoms with Gasteiger partial charge in [-0.1, -0.05) is 30.3 Å². The summed E-state index contributed by atoms with van der Waals surface area (Å²) < 4.78 is 15.7. The first kappa shape index (κ1) is 17.5. The minimum absolute atomic E-state index is 0.200. The van der Waals surface area contributed by atoms with Gasteiger partial charge in [-0.2, -0.15) is 0 Å². The molecule has 2 aromatic heterocycles. The fraction of sp³-hybridized carbons (Fsp3) is 0.200. The smallest absolute Gasteiger partial charge is 0.341 e. The van der Waals surface area contributed by atoms with E-state index in [0.29, 0.717) is 17.1 Å². The van der Waals surface area contributed by atoms with Gasteiger partial charge in [-0.05, 0) is 24.6 Å². The SMILES string of the molecule is COC(=O)c1cc(CN(C)C(=O)c2occc2-c2ccccc2)oc1C. The standard InChI is InChI=1S/C20H19NO5/c1-13-17(20(23)24-3)11-15(26-13)12-21(2)19(22)18-16(9-10-25-18)14-7-5-4-6-8-14/h4-11H,12H2,1-3H3. The van der Waals surface area contributed by atoms with Crippen LogP contribution in [0.25, 0.3) is 11.1 Å². The second-order valence-corrected chi connectivity index (χ2v) is 5.86. The van der Waals surface area contributed by atoms with Crippen molar-refractivity contribution in [3.63, 3.8) is 0 Å². The molecular formula is C20H19NO5. The Kier molecular flexibility index (Phi) is 4.93. The summed E-state index contributed by atoms with van der Waals surface area (Å²) in [5.41, 5.74) is 1.99. The van der Waals surface area contributed by atoms with Gasteiger partial charge in [0, 0.05) is 12.6 Å². The molecule has 0 spiro atoms. The summed E-state index contributed by atoms with van der Waals surface area (Å²) in [6, 6.07) is 12.9. The van der Waals surface area contributed by atoms with Gasteiger partial charge in [-0.15, -0.1) is 0 Å². The van der Waals surface area contributed by atoms with E-state index in [0.717, 1.165) is 11.1 Å². The van der Waals surface area contributed by atoms with Crippen LogP contribution in [0.1, 0.15) is 32.4 Å². The predicted molar refractivity (Wildman–Crippen MR) is 94.7 cm³/mol. The van der Waals surface area contributed by atoms with Crippen molar-refractivity contribution >= 4 is 11.9 Å². The average Bonchev–Trinajstić information content (AvgIpc) is 3.28. The first-order valence-corrected chi connectivity index (χ1v) is 8.07. The van der Waals surface area contributed by atoms with E-state index >= 15 is 0 Å². The minimum atomic E-state index is -0.469. The van der Waals surface area contributed by atoms with E-state index in [1.165, 1.54) is 18.3 Å². The topological polar surface area (TPSA) is 72.9 Å². The van der Waals surface area contributed by atoms with E-state index < -0.39 is 5.97 Å². The van der Waals surface area contributed by atoms with Crippen LogP contribution in [0.2, 0.25) is 0 Å². The molecule has 0 radical (unpaired) electrons. The predicted octanol–water partition coefficient (Wildman–Crippen LogP) is 3.91. The molecule has 0 aliphatic heterocycles. The second kappa shape index (κ2) is 7.31. The number of methoxy groups -OCH3 is 1. The number of hydrogen-bond donors (Lipinski definition) is 0. The lowest BCUT2D eigenvalue weighted by molar-refractivity contribution is 0.0598. The third-order valence-electron chi connectivity index (χ3n) is 4.06. The summed E-state index contributed by atoms with van der Waals surface area (Å²) in [4.78, 5) is 25.9. The van der Waals surface area contributed by atoms with E-state index in [4.69, 9.17) is 13.6 Å². The molecule has 0 atom stereocenters. The summed E-state index contributed by atoms with van der Waals surface area (Å²) in [7, 11) is 2.96. The monoisotopic (exact) mass is 353 g/mol. The molecule has 0 aliphatic carbocycles. The zero-order valence-corrected chi connectivity index (χ0v) is 14.8. The highest BCUT2D eigenvalue weighted by molar-refractivity contribution is 5.98. The van der Waals surface area contributed by atoms with Gasteiger partial charge in [0.2, 0.25) is 0 Å². The molecule has 26 heavy (non-hydrogen) atoms. The summed E-state index contributed by atoms with van der Waals surface area (Å²) in [6.45, 7) is 1.88. The van der Waals surface area contributed by atoms with E-state index in [9.17, 15) is 9.59 Å². The Hall–Kier alpha value is -3.28. The number of aryl methyl sites for hydroxylation is 1. The number of hydrogen-bond acceptors (Lipinski definition) is 5. The summed E-state index contributed by atoms with van der Waals surface area (Å²) in [5, 5.41) is 0. The lowest BCUT2D eigenvalue weighted by atomic mass is 10.1. The molecule has 1 amide bonds. The van der Waals surface area contributed by atoms with Crippen molar-refractivity contribution in [3.8, 4) is 11.1 Å². The number of rotatable bonds is 5.